The van der Waals surface area contributed by atoms with Gasteiger partial charge >= 0.3 is 0 Å². The molecular weight excluding hydrogens is 147 g/mol. The first-order valence-corrected chi connectivity index (χ1v) is 3.83. The lowest BCUT2D eigenvalue weighted by Crippen LogP contribution is -2.24. The molecule has 0 spiro atoms. The van der Waals surface area contributed by atoms with Gasteiger partial charge in [-0.2, -0.15) is 0 Å². The molecule has 1 rings (SSSR count). The lowest BCUT2D eigenvalue weighted by molar-refractivity contribution is -0.0895. The van der Waals surface area contributed by atoms with Crippen molar-refractivity contribution in [3.63, 3.8) is 0 Å². The summed E-state index contributed by atoms with van der Waals surface area (Å²) in [6.45, 7) is 1.75. The van der Waals surface area contributed by atoms with E-state index in [-0.39, 0.29) is 17.7 Å². The highest BCUT2D eigenvalue weighted by molar-refractivity contribution is 5.02. The van der Waals surface area contributed by atoms with Crippen LogP contribution in [-0.4, -0.2) is 16.5 Å². The third-order valence-corrected chi connectivity index (χ3v) is 2.16. The summed E-state index contributed by atoms with van der Waals surface area (Å²) in [6, 6.07) is 0. The average molecular weight is 160 g/mol. The van der Waals surface area contributed by atoms with Crippen LogP contribution in [0.15, 0.2) is 11.9 Å². The second-order valence-corrected chi connectivity index (χ2v) is 3.14. The van der Waals surface area contributed by atoms with Crippen molar-refractivity contribution in [2.75, 3.05) is 0 Å². The number of halogens is 1. The molecule has 2 N–H and O–H groups in total. The van der Waals surface area contributed by atoms with Gasteiger partial charge in [0.1, 0.15) is 0 Å². The van der Waals surface area contributed by atoms with Gasteiger partial charge in [0.05, 0.1) is 5.83 Å². The summed E-state index contributed by atoms with van der Waals surface area (Å²) in [4.78, 5) is 0. The standard InChI is InChI=1S/C8H13FO2/c1-5-4-6(8(10)11)2-3-7(5)9/h3,5-6,8,10-11H,2,4H2,1H3. The van der Waals surface area contributed by atoms with E-state index >= 15 is 0 Å². The minimum atomic E-state index is -1.30. The van der Waals surface area contributed by atoms with Gasteiger partial charge in [-0.3, -0.25) is 0 Å². The minimum absolute atomic E-state index is 0.123. The molecule has 2 unspecified atom stereocenters. The Kier molecular flexibility index (Phi) is 2.62. The van der Waals surface area contributed by atoms with Gasteiger partial charge in [-0.15, -0.1) is 0 Å². The predicted molar refractivity (Wildman–Crippen MR) is 39.3 cm³/mol. The molecule has 2 nitrogen and oxygen atoms in total. The topological polar surface area (TPSA) is 40.5 Å². The Balaban J connectivity index is 2.55. The van der Waals surface area contributed by atoms with Crippen LogP contribution >= 0.6 is 0 Å². The molecule has 3 heteroatoms. The maximum Gasteiger partial charge on any atom is 0.154 e. The van der Waals surface area contributed by atoms with E-state index in [9.17, 15) is 4.39 Å². The third-order valence-electron chi connectivity index (χ3n) is 2.16. The molecule has 0 aromatic heterocycles. The molecule has 0 saturated heterocycles. The van der Waals surface area contributed by atoms with E-state index in [1.165, 1.54) is 6.08 Å². The molecule has 0 bridgehead atoms. The van der Waals surface area contributed by atoms with Crippen LogP contribution in [0.3, 0.4) is 0 Å². The van der Waals surface area contributed by atoms with Gasteiger partial charge in [0.2, 0.25) is 0 Å². The second kappa shape index (κ2) is 3.32. The van der Waals surface area contributed by atoms with E-state index in [0.717, 1.165) is 0 Å². The fraction of sp³-hybridized carbons (Fsp3) is 0.750. The number of allylic oxidation sites excluding steroid dienone is 2. The van der Waals surface area contributed by atoms with E-state index in [0.29, 0.717) is 12.8 Å². The number of hydrogen-bond donors (Lipinski definition) is 2. The van der Waals surface area contributed by atoms with Crippen LogP contribution in [0.2, 0.25) is 0 Å². The molecule has 64 valence electrons. The second-order valence-electron chi connectivity index (χ2n) is 3.14. The molecule has 1 aliphatic rings. The summed E-state index contributed by atoms with van der Waals surface area (Å²) in [5.41, 5.74) is 0. The van der Waals surface area contributed by atoms with E-state index < -0.39 is 6.29 Å². The van der Waals surface area contributed by atoms with E-state index in [1.54, 1.807) is 6.92 Å². The Bertz CT molecular complexity index is 165. The summed E-state index contributed by atoms with van der Waals surface area (Å²) >= 11 is 0. The van der Waals surface area contributed by atoms with Gasteiger partial charge in [0.15, 0.2) is 6.29 Å². The summed E-state index contributed by atoms with van der Waals surface area (Å²) < 4.78 is 12.7. The maximum absolute atomic E-state index is 12.7. The average Bonchev–Trinajstić information content (AvgIpc) is 1.94. The Morgan fingerprint density at radius 1 is 1.64 bits per heavy atom. The third kappa shape index (κ3) is 2.01. The van der Waals surface area contributed by atoms with Crippen molar-refractivity contribution in [3.8, 4) is 0 Å². The SMILES string of the molecule is CC1CC(C(O)O)CC=C1F. The van der Waals surface area contributed by atoms with Crippen LogP contribution in [0.4, 0.5) is 4.39 Å². The fourth-order valence-electron chi connectivity index (χ4n) is 1.37. The molecule has 0 heterocycles. The summed E-state index contributed by atoms with van der Waals surface area (Å²) in [6.07, 6.45) is 1.10. The quantitative estimate of drug-likeness (QED) is 0.566. The van der Waals surface area contributed by atoms with Crippen LogP contribution in [-0.2, 0) is 0 Å². The number of rotatable bonds is 1. The number of aliphatic hydroxyl groups excluding tert-OH is 1. The summed E-state index contributed by atoms with van der Waals surface area (Å²) in [7, 11) is 0. The van der Waals surface area contributed by atoms with E-state index in [2.05, 4.69) is 0 Å². The van der Waals surface area contributed by atoms with Gasteiger partial charge in [-0.1, -0.05) is 13.0 Å². The Morgan fingerprint density at radius 3 is 2.73 bits per heavy atom. The summed E-state index contributed by atoms with van der Waals surface area (Å²) in [5, 5.41) is 17.6. The number of hydrogen-bond acceptors (Lipinski definition) is 2. The van der Waals surface area contributed by atoms with Crippen molar-refractivity contribution in [2.24, 2.45) is 11.8 Å². The van der Waals surface area contributed by atoms with Crippen molar-refractivity contribution >= 4 is 0 Å². The highest BCUT2D eigenvalue weighted by atomic mass is 19.1. The first kappa shape index (κ1) is 8.68. The molecule has 0 radical (unpaired) electrons. The molecule has 11 heavy (non-hydrogen) atoms. The summed E-state index contributed by atoms with van der Waals surface area (Å²) in [5.74, 6) is -0.470. The van der Waals surface area contributed by atoms with E-state index in [1.807, 2.05) is 0 Å². The van der Waals surface area contributed by atoms with Crippen molar-refractivity contribution in [1.29, 1.82) is 0 Å². The smallest absolute Gasteiger partial charge is 0.154 e. The zero-order valence-electron chi connectivity index (χ0n) is 6.50. The largest absolute Gasteiger partial charge is 0.368 e. The Hall–Kier alpha value is -0.410. The maximum atomic E-state index is 12.7. The Morgan fingerprint density at radius 2 is 2.27 bits per heavy atom. The number of aliphatic hydroxyl groups is 2. The molecule has 0 fully saturated rings. The zero-order chi connectivity index (χ0) is 8.43. The molecule has 2 atom stereocenters. The van der Waals surface area contributed by atoms with Crippen LogP contribution in [0.1, 0.15) is 19.8 Å². The first-order valence-electron chi connectivity index (χ1n) is 3.83. The molecule has 0 saturated carbocycles. The monoisotopic (exact) mass is 160 g/mol. The van der Waals surface area contributed by atoms with E-state index in [4.69, 9.17) is 10.2 Å². The fourth-order valence-corrected chi connectivity index (χ4v) is 1.37. The molecule has 0 aliphatic heterocycles. The zero-order valence-corrected chi connectivity index (χ0v) is 6.50. The van der Waals surface area contributed by atoms with Crippen LogP contribution in [0, 0.1) is 11.8 Å². The van der Waals surface area contributed by atoms with Crippen LogP contribution in [0.25, 0.3) is 0 Å². The van der Waals surface area contributed by atoms with Gasteiger partial charge < -0.3 is 10.2 Å². The van der Waals surface area contributed by atoms with Crippen molar-refractivity contribution in [1.82, 2.24) is 0 Å². The van der Waals surface area contributed by atoms with Crippen molar-refractivity contribution in [3.05, 3.63) is 11.9 Å². The van der Waals surface area contributed by atoms with Gasteiger partial charge in [0.25, 0.3) is 0 Å². The van der Waals surface area contributed by atoms with Crippen LogP contribution in [0.5, 0.6) is 0 Å². The minimum Gasteiger partial charge on any atom is -0.368 e. The Labute approximate surface area is 65.4 Å². The normalized spacial score (nSPS) is 32.3. The predicted octanol–water partition coefficient (Wildman–Crippen LogP) is 1.20. The highest BCUT2D eigenvalue weighted by Gasteiger charge is 2.24. The lowest BCUT2D eigenvalue weighted by Gasteiger charge is -2.24. The van der Waals surface area contributed by atoms with Crippen LogP contribution < -0.4 is 0 Å². The molecule has 1 aliphatic carbocycles. The van der Waals surface area contributed by atoms with Crippen molar-refractivity contribution < 1.29 is 14.6 Å². The van der Waals surface area contributed by atoms with Gasteiger partial charge in [-0.05, 0) is 12.8 Å². The van der Waals surface area contributed by atoms with Gasteiger partial charge in [-0.25, -0.2) is 4.39 Å². The molecule has 0 aromatic rings. The van der Waals surface area contributed by atoms with Gasteiger partial charge in [0, 0.05) is 11.8 Å². The highest BCUT2D eigenvalue weighted by Crippen LogP contribution is 2.30. The van der Waals surface area contributed by atoms with Crippen molar-refractivity contribution in [2.45, 2.75) is 26.1 Å². The molecule has 0 aromatic carbocycles. The first-order chi connectivity index (χ1) is 5.11. The molecular formula is C8H13FO2. The lowest BCUT2D eigenvalue weighted by atomic mass is 9.86. The molecule has 0 amide bonds.